The molecule has 0 aliphatic heterocycles. The number of carbonyl (C=O) groups is 1. The topological polar surface area (TPSA) is 32.3 Å². The van der Waals surface area contributed by atoms with E-state index >= 15 is 0 Å². The summed E-state index contributed by atoms with van der Waals surface area (Å²) in [7, 11) is 1.69. The average Bonchev–Trinajstić information content (AvgIpc) is 2.44. The normalized spacial score (nSPS) is 10.2. The van der Waals surface area contributed by atoms with Crippen molar-refractivity contribution in [2.75, 3.05) is 12.4 Å². The van der Waals surface area contributed by atoms with Crippen LogP contribution in [0.15, 0.2) is 48.5 Å². The third-order valence-electron chi connectivity index (χ3n) is 2.78. The van der Waals surface area contributed by atoms with E-state index < -0.39 is 5.82 Å². The summed E-state index contributed by atoms with van der Waals surface area (Å²) in [6.45, 7) is 0.488. The molecular weight excluding hydrogens is 279 g/mol. The molecule has 0 aliphatic carbocycles. The lowest BCUT2D eigenvalue weighted by atomic mass is 10.2. The molecule has 0 aliphatic rings. The van der Waals surface area contributed by atoms with Crippen molar-refractivity contribution in [2.24, 2.45) is 0 Å². The van der Waals surface area contributed by atoms with Crippen LogP contribution >= 0.6 is 11.6 Å². The molecule has 0 bridgehead atoms. The van der Waals surface area contributed by atoms with Crippen LogP contribution < -0.4 is 5.32 Å². The fourth-order valence-electron chi connectivity index (χ4n) is 1.72. The number of halogens is 2. The van der Waals surface area contributed by atoms with E-state index in [1.54, 1.807) is 7.05 Å². The lowest BCUT2D eigenvalue weighted by molar-refractivity contribution is 0.220. The zero-order valence-corrected chi connectivity index (χ0v) is 11.7. The number of hydrogen-bond donors (Lipinski definition) is 1. The summed E-state index contributed by atoms with van der Waals surface area (Å²) >= 11 is 5.67. The first-order valence-corrected chi connectivity index (χ1v) is 6.45. The van der Waals surface area contributed by atoms with Crippen LogP contribution in [0.4, 0.5) is 14.9 Å². The third kappa shape index (κ3) is 3.71. The van der Waals surface area contributed by atoms with Crippen molar-refractivity contribution < 1.29 is 9.18 Å². The van der Waals surface area contributed by atoms with Crippen molar-refractivity contribution >= 4 is 23.3 Å². The van der Waals surface area contributed by atoms with Gasteiger partial charge < -0.3 is 10.2 Å². The third-order valence-corrected chi connectivity index (χ3v) is 3.07. The maximum Gasteiger partial charge on any atom is 0.321 e. The molecule has 0 unspecified atom stereocenters. The number of hydrogen-bond acceptors (Lipinski definition) is 1. The minimum atomic E-state index is -0.512. The highest BCUT2D eigenvalue weighted by atomic mass is 35.5. The van der Waals surface area contributed by atoms with Gasteiger partial charge in [0.15, 0.2) is 0 Å². The smallest absolute Gasteiger partial charge is 0.321 e. The largest absolute Gasteiger partial charge is 0.323 e. The first-order valence-electron chi connectivity index (χ1n) is 6.07. The van der Waals surface area contributed by atoms with Gasteiger partial charge in [0.1, 0.15) is 5.82 Å². The zero-order chi connectivity index (χ0) is 14.5. The maximum atomic E-state index is 13.0. The summed E-state index contributed by atoms with van der Waals surface area (Å²) in [6, 6.07) is 13.4. The van der Waals surface area contributed by atoms with E-state index in [0.717, 1.165) is 5.56 Å². The highest BCUT2D eigenvalue weighted by Crippen LogP contribution is 2.19. The van der Waals surface area contributed by atoms with Gasteiger partial charge in [0.2, 0.25) is 0 Å². The van der Waals surface area contributed by atoms with E-state index in [9.17, 15) is 9.18 Å². The van der Waals surface area contributed by atoms with E-state index in [1.165, 1.54) is 23.1 Å². The molecule has 2 aromatic rings. The zero-order valence-electron chi connectivity index (χ0n) is 10.9. The lowest BCUT2D eigenvalue weighted by Crippen LogP contribution is -2.30. The Hall–Kier alpha value is -2.07. The Bertz CT molecular complexity index is 604. The van der Waals surface area contributed by atoms with Crippen LogP contribution in [0.25, 0.3) is 0 Å². The molecule has 104 valence electrons. The Morgan fingerprint density at radius 2 is 1.95 bits per heavy atom. The maximum absolute atomic E-state index is 13.0. The predicted molar refractivity (Wildman–Crippen MR) is 78.3 cm³/mol. The molecule has 2 rings (SSSR count). The molecule has 2 aromatic carbocycles. The van der Waals surface area contributed by atoms with Gasteiger partial charge in [0.25, 0.3) is 0 Å². The summed E-state index contributed by atoms with van der Waals surface area (Å²) in [5, 5.41) is 2.65. The van der Waals surface area contributed by atoms with Crippen molar-refractivity contribution in [3.63, 3.8) is 0 Å². The Labute approximate surface area is 122 Å². The van der Waals surface area contributed by atoms with E-state index in [0.29, 0.717) is 12.2 Å². The van der Waals surface area contributed by atoms with E-state index in [1.807, 2.05) is 30.3 Å². The molecule has 0 heterocycles. The average molecular weight is 293 g/mol. The molecule has 5 heteroatoms. The SMILES string of the molecule is CN(Cc1ccccc1)C(=O)Nc1ccc(F)c(Cl)c1. The number of urea groups is 1. The number of benzene rings is 2. The molecule has 0 saturated heterocycles. The number of carbonyl (C=O) groups excluding carboxylic acids is 1. The number of nitrogens with one attached hydrogen (secondary N) is 1. The number of rotatable bonds is 3. The summed E-state index contributed by atoms with van der Waals surface area (Å²) in [6.07, 6.45) is 0. The van der Waals surface area contributed by atoms with Crippen molar-refractivity contribution in [2.45, 2.75) is 6.54 Å². The van der Waals surface area contributed by atoms with Gasteiger partial charge in [-0.3, -0.25) is 0 Å². The quantitative estimate of drug-likeness (QED) is 0.906. The van der Waals surface area contributed by atoms with Gasteiger partial charge in [-0.25, -0.2) is 9.18 Å². The highest BCUT2D eigenvalue weighted by molar-refractivity contribution is 6.31. The molecule has 0 atom stereocenters. The van der Waals surface area contributed by atoms with Crippen LogP contribution in [0, 0.1) is 5.82 Å². The molecule has 3 nitrogen and oxygen atoms in total. The van der Waals surface area contributed by atoms with Gasteiger partial charge in [0.05, 0.1) is 5.02 Å². The Balaban J connectivity index is 1.99. The van der Waals surface area contributed by atoms with Crippen LogP contribution in [-0.4, -0.2) is 18.0 Å². The van der Waals surface area contributed by atoms with Crippen LogP contribution in [0.1, 0.15) is 5.56 Å². The first kappa shape index (κ1) is 14.3. The number of anilines is 1. The monoisotopic (exact) mass is 292 g/mol. The second kappa shape index (κ2) is 6.39. The Morgan fingerprint density at radius 1 is 1.25 bits per heavy atom. The standard InChI is InChI=1S/C15H14ClFN2O/c1-19(10-11-5-3-2-4-6-11)15(20)18-12-7-8-14(17)13(16)9-12/h2-9H,10H2,1H3,(H,18,20). The molecule has 20 heavy (non-hydrogen) atoms. The van der Waals surface area contributed by atoms with Gasteiger partial charge in [0, 0.05) is 19.3 Å². The molecule has 0 saturated carbocycles. The summed E-state index contributed by atoms with van der Waals surface area (Å²) in [5.41, 5.74) is 1.49. The molecule has 0 radical (unpaired) electrons. The summed E-state index contributed by atoms with van der Waals surface area (Å²) in [4.78, 5) is 13.5. The van der Waals surface area contributed by atoms with Crippen molar-refractivity contribution in [3.05, 3.63) is 64.9 Å². The van der Waals surface area contributed by atoms with Gasteiger partial charge in [-0.1, -0.05) is 41.9 Å². The van der Waals surface area contributed by atoms with Crippen LogP contribution in [0.5, 0.6) is 0 Å². The van der Waals surface area contributed by atoms with E-state index in [-0.39, 0.29) is 11.1 Å². The lowest BCUT2D eigenvalue weighted by Gasteiger charge is -2.18. The number of amides is 2. The van der Waals surface area contributed by atoms with E-state index in [4.69, 9.17) is 11.6 Å². The predicted octanol–water partition coefficient (Wildman–Crippen LogP) is 4.14. The second-order valence-corrected chi connectivity index (χ2v) is 4.81. The molecule has 0 spiro atoms. The minimum absolute atomic E-state index is 0.0199. The highest BCUT2D eigenvalue weighted by Gasteiger charge is 2.10. The fraction of sp³-hybridized carbons (Fsp3) is 0.133. The molecule has 0 fully saturated rings. The van der Waals surface area contributed by atoms with Crippen LogP contribution in [0.3, 0.4) is 0 Å². The first-order chi connectivity index (χ1) is 9.56. The van der Waals surface area contributed by atoms with Crippen LogP contribution in [0.2, 0.25) is 5.02 Å². The van der Waals surface area contributed by atoms with Gasteiger partial charge >= 0.3 is 6.03 Å². The van der Waals surface area contributed by atoms with Crippen molar-refractivity contribution in [3.8, 4) is 0 Å². The van der Waals surface area contributed by atoms with E-state index in [2.05, 4.69) is 5.32 Å². The summed E-state index contributed by atoms with van der Waals surface area (Å²) in [5.74, 6) is -0.512. The number of nitrogens with zero attached hydrogens (tertiary/aromatic N) is 1. The Kier molecular flexibility index (Phi) is 4.58. The molecule has 2 amide bonds. The summed E-state index contributed by atoms with van der Waals surface area (Å²) < 4.78 is 13.0. The molecular formula is C15H14ClFN2O. The van der Waals surface area contributed by atoms with Crippen LogP contribution in [-0.2, 0) is 6.54 Å². The fourth-order valence-corrected chi connectivity index (χ4v) is 1.90. The van der Waals surface area contributed by atoms with Crippen molar-refractivity contribution in [1.29, 1.82) is 0 Å². The minimum Gasteiger partial charge on any atom is -0.323 e. The molecule has 1 N–H and O–H groups in total. The van der Waals surface area contributed by atoms with Gasteiger partial charge in [-0.2, -0.15) is 0 Å². The van der Waals surface area contributed by atoms with Gasteiger partial charge in [-0.15, -0.1) is 0 Å². The Morgan fingerprint density at radius 3 is 2.60 bits per heavy atom. The van der Waals surface area contributed by atoms with Crippen molar-refractivity contribution in [1.82, 2.24) is 4.90 Å². The van der Waals surface area contributed by atoms with Gasteiger partial charge in [-0.05, 0) is 23.8 Å². The molecule has 0 aromatic heterocycles. The second-order valence-electron chi connectivity index (χ2n) is 4.40.